The van der Waals surface area contributed by atoms with E-state index in [0.29, 0.717) is 12.3 Å². The fourth-order valence-corrected chi connectivity index (χ4v) is 3.37. The van der Waals surface area contributed by atoms with E-state index in [0.717, 1.165) is 48.6 Å². The van der Waals surface area contributed by atoms with Crippen molar-refractivity contribution >= 4 is 17.5 Å². The third kappa shape index (κ3) is 4.38. The van der Waals surface area contributed by atoms with Crippen LogP contribution in [0.3, 0.4) is 0 Å². The number of hydrogen-bond donors (Lipinski definition) is 0. The lowest BCUT2D eigenvalue weighted by molar-refractivity contribution is -0.133. The van der Waals surface area contributed by atoms with Crippen LogP contribution in [0.4, 0.5) is 0 Å². The zero-order chi connectivity index (χ0) is 16.9. The summed E-state index contributed by atoms with van der Waals surface area (Å²) in [6.07, 6.45) is 7.68. The Morgan fingerprint density at radius 1 is 1.29 bits per heavy atom. The predicted molar refractivity (Wildman–Crippen MR) is 96.9 cm³/mol. The van der Waals surface area contributed by atoms with Crippen LogP contribution in [0.1, 0.15) is 32.6 Å². The fourth-order valence-electron chi connectivity index (χ4n) is 3.24. The smallest absolute Gasteiger partial charge is 0.222 e. The van der Waals surface area contributed by atoms with Crippen LogP contribution in [-0.2, 0) is 11.3 Å². The normalized spacial score (nSPS) is 17.9. The van der Waals surface area contributed by atoms with Gasteiger partial charge in [-0.25, -0.2) is 0 Å². The Morgan fingerprint density at radius 2 is 2.08 bits per heavy atom. The highest BCUT2D eigenvalue weighted by molar-refractivity contribution is 6.30. The number of likely N-dealkylation sites (tertiary alicyclic amines) is 1. The molecule has 1 amide bonds. The van der Waals surface area contributed by atoms with Gasteiger partial charge in [-0.1, -0.05) is 30.7 Å². The summed E-state index contributed by atoms with van der Waals surface area (Å²) in [7, 11) is 0. The number of rotatable bonds is 5. The molecule has 0 spiro atoms. The molecule has 1 saturated heterocycles. The van der Waals surface area contributed by atoms with Crippen LogP contribution < -0.4 is 0 Å². The van der Waals surface area contributed by atoms with Gasteiger partial charge in [0, 0.05) is 42.8 Å². The standard InChI is InChI=1S/C19H24ClN3O/c1-15-4-2-10-22(13-15)19(24)5-3-11-23-14-17(12-21-23)16-6-8-18(20)9-7-16/h6-9,12,14-15H,2-5,10-11,13H2,1H3. The molecule has 5 heteroatoms. The van der Waals surface area contributed by atoms with E-state index in [4.69, 9.17) is 11.6 Å². The van der Waals surface area contributed by atoms with Gasteiger partial charge < -0.3 is 4.90 Å². The van der Waals surface area contributed by atoms with Gasteiger partial charge in [-0.2, -0.15) is 5.10 Å². The lowest BCUT2D eigenvalue weighted by Crippen LogP contribution is -2.39. The summed E-state index contributed by atoms with van der Waals surface area (Å²) in [4.78, 5) is 14.3. The zero-order valence-electron chi connectivity index (χ0n) is 14.1. The number of piperidine rings is 1. The van der Waals surface area contributed by atoms with Gasteiger partial charge in [0.1, 0.15) is 0 Å². The molecule has 1 aromatic heterocycles. The molecular formula is C19H24ClN3O. The number of carbonyl (C=O) groups excluding carboxylic acids is 1. The Kier molecular flexibility index (Phi) is 5.56. The second kappa shape index (κ2) is 7.84. The Balaban J connectivity index is 1.49. The SMILES string of the molecule is CC1CCCN(C(=O)CCCn2cc(-c3ccc(Cl)cc3)cn2)C1. The molecule has 0 radical (unpaired) electrons. The van der Waals surface area contributed by atoms with Gasteiger partial charge in [-0.3, -0.25) is 9.48 Å². The number of nitrogens with zero attached hydrogens (tertiary/aromatic N) is 3. The van der Waals surface area contributed by atoms with E-state index >= 15 is 0 Å². The van der Waals surface area contributed by atoms with E-state index in [1.165, 1.54) is 6.42 Å². The Labute approximate surface area is 148 Å². The Bertz CT molecular complexity index is 680. The molecule has 1 aromatic carbocycles. The number of carbonyl (C=O) groups is 1. The molecule has 1 aliphatic rings. The van der Waals surface area contributed by atoms with Crippen molar-refractivity contribution in [2.45, 2.75) is 39.2 Å². The van der Waals surface area contributed by atoms with Crippen molar-refractivity contribution in [2.75, 3.05) is 13.1 Å². The topological polar surface area (TPSA) is 38.1 Å². The average molecular weight is 346 g/mol. The molecule has 4 nitrogen and oxygen atoms in total. The molecule has 0 saturated carbocycles. The third-order valence-electron chi connectivity index (χ3n) is 4.60. The molecular weight excluding hydrogens is 322 g/mol. The predicted octanol–water partition coefficient (Wildman–Crippen LogP) is 4.24. The first-order valence-corrected chi connectivity index (χ1v) is 9.06. The van der Waals surface area contributed by atoms with Crippen molar-refractivity contribution in [3.8, 4) is 11.1 Å². The quantitative estimate of drug-likeness (QED) is 0.812. The van der Waals surface area contributed by atoms with Crippen LogP contribution in [0.15, 0.2) is 36.7 Å². The maximum absolute atomic E-state index is 12.3. The summed E-state index contributed by atoms with van der Waals surface area (Å²) in [5, 5.41) is 5.13. The first-order valence-electron chi connectivity index (χ1n) is 8.68. The molecule has 3 rings (SSSR count). The van der Waals surface area contributed by atoms with Gasteiger partial charge in [0.05, 0.1) is 6.20 Å². The maximum Gasteiger partial charge on any atom is 0.222 e. The molecule has 0 bridgehead atoms. The minimum absolute atomic E-state index is 0.284. The van der Waals surface area contributed by atoms with Crippen molar-refractivity contribution in [1.82, 2.24) is 14.7 Å². The van der Waals surface area contributed by atoms with Crippen LogP contribution in [-0.4, -0.2) is 33.7 Å². The highest BCUT2D eigenvalue weighted by Crippen LogP contribution is 2.21. The Morgan fingerprint density at radius 3 is 2.83 bits per heavy atom. The molecule has 0 N–H and O–H groups in total. The van der Waals surface area contributed by atoms with Crippen LogP contribution >= 0.6 is 11.6 Å². The number of amides is 1. The van der Waals surface area contributed by atoms with Crippen molar-refractivity contribution in [2.24, 2.45) is 5.92 Å². The average Bonchev–Trinajstić information content (AvgIpc) is 3.04. The van der Waals surface area contributed by atoms with E-state index in [1.807, 2.05) is 46.2 Å². The summed E-state index contributed by atoms with van der Waals surface area (Å²) in [5.41, 5.74) is 2.17. The summed E-state index contributed by atoms with van der Waals surface area (Å²) in [6, 6.07) is 7.74. The first kappa shape index (κ1) is 17.0. The number of hydrogen-bond acceptors (Lipinski definition) is 2. The third-order valence-corrected chi connectivity index (χ3v) is 4.85. The van der Waals surface area contributed by atoms with Gasteiger partial charge in [-0.15, -0.1) is 0 Å². The minimum atomic E-state index is 0.284. The van der Waals surface area contributed by atoms with E-state index in [2.05, 4.69) is 12.0 Å². The van der Waals surface area contributed by atoms with Crippen LogP contribution in [0.2, 0.25) is 5.02 Å². The van der Waals surface area contributed by atoms with Gasteiger partial charge in [0.15, 0.2) is 0 Å². The lowest BCUT2D eigenvalue weighted by Gasteiger charge is -2.31. The second-order valence-electron chi connectivity index (χ2n) is 6.69. The lowest BCUT2D eigenvalue weighted by atomic mass is 10.00. The van der Waals surface area contributed by atoms with Gasteiger partial charge >= 0.3 is 0 Å². The van der Waals surface area contributed by atoms with Crippen molar-refractivity contribution in [1.29, 1.82) is 0 Å². The fraction of sp³-hybridized carbons (Fsp3) is 0.474. The van der Waals surface area contributed by atoms with E-state index < -0.39 is 0 Å². The van der Waals surface area contributed by atoms with Gasteiger partial charge in [-0.05, 0) is 42.9 Å². The molecule has 128 valence electrons. The zero-order valence-corrected chi connectivity index (χ0v) is 14.9. The van der Waals surface area contributed by atoms with Crippen molar-refractivity contribution in [3.05, 3.63) is 41.7 Å². The molecule has 2 heterocycles. The minimum Gasteiger partial charge on any atom is -0.342 e. The Hall–Kier alpha value is -1.81. The van der Waals surface area contributed by atoms with Crippen LogP contribution in [0, 0.1) is 5.92 Å². The largest absolute Gasteiger partial charge is 0.342 e. The first-order chi connectivity index (χ1) is 11.6. The van der Waals surface area contributed by atoms with E-state index in [9.17, 15) is 4.79 Å². The summed E-state index contributed by atoms with van der Waals surface area (Å²) in [5.74, 6) is 0.919. The number of aryl methyl sites for hydroxylation is 1. The summed E-state index contributed by atoms with van der Waals surface area (Å²) in [6.45, 7) is 4.83. The number of benzene rings is 1. The number of halogens is 1. The van der Waals surface area contributed by atoms with Gasteiger partial charge in [0.2, 0.25) is 5.91 Å². The van der Waals surface area contributed by atoms with Crippen LogP contribution in [0.25, 0.3) is 11.1 Å². The molecule has 1 unspecified atom stereocenters. The molecule has 0 aliphatic carbocycles. The highest BCUT2D eigenvalue weighted by atomic mass is 35.5. The molecule has 1 atom stereocenters. The molecule has 2 aromatic rings. The number of aromatic nitrogens is 2. The molecule has 1 aliphatic heterocycles. The van der Waals surface area contributed by atoms with Crippen LogP contribution in [0.5, 0.6) is 0 Å². The van der Waals surface area contributed by atoms with E-state index in [1.54, 1.807) is 0 Å². The maximum atomic E-state index is 12.3. The summed E-state index contributed by atoms with van der Waals surface area (Å²) < 4.78 is 1.91. The summed E-state index contributed by atoms with van der Waals surface area (Å²) >= 11 is 5.92. The van der Waals surface area contributed by atoms with Gasteiger partial charge in [0.25, 0.3) is 0 Å². The monoisotopic (exact) mass is 345 g/mol. The van der Waals surface area contributed by atoms with Crippen molar-refractivity contribution < 1.29 is 4.79 Å². The van der Waals surface area contributed by atoms with E-state index in [-0.39, 0.29) is 5.91 Å². The second-order valence-corrected chi connectivity index (χ2v) is 7.13. The molecule has 1 fully saturated rings. The van der Waals surface area contributed by atoms with Crippen molar-refractivity contribution in [3.63, 3.8) is 0 Å². The highest BCUT2D eigenvalue weighted by Gasteiger charge is 2.20. The molecule has 24 heavy (non-hydrogen) atoms.